The van der Waals surface area contributed by atoms with E-state index in [0.29, 0.717) is 6.04 Å². The van der Waals surface area contributed by atoms with Crippen LogP contribution >= 0.6 is 0 Å². The summed E-state index contributed by atoms with van der Waals surface area (Å²) in [5, 5.41) is 3.09. The maximum Gasteiger partial charge on any atom is 0.222 e. The Kier molecular flexibility index (Phi) is 4.82. The fourth-order valence-corrected chi connectivity index (χ4v) is 1.81. The molecule has 0 aromatic carbocycles. The third kappa shape index (κ3) is 4.04. The van der Waals surface area contributed by atoms with Crippen molar-refractivity contribution in [2.45, 2.75) is 32.7 Å². The minimum absolute atomic E-state index is 0.0937. The van der Waals surface area contributed by atoms with Crippen LogP contribution in [0.3, 0.4) is 0 Å². The van der Waals surface area contributed by atoms with Gasteiger partial charge in [0.15, 0.2) is 0 Å². The lowest BCUT2D eigenvalue weighted by Gasteiger charge is -2.31. The molecule has 3 heteroatoms. The molecule has 1 aliphatic heterocycles. The molecule has 1 saturated heterocycles. The Morgan fingerprint density at radius 3 is 2.60 bits per heavy atom. The Morgan fingerprint density at radius 2 is 2.13 bits per heavy atom. The molecule has 1 aliphatic rings. The van der Waals surface area contributed by atoms with Gasteiger partial charge in [0, 0.05) is 31.6 Å². The van der Waals surface area contributed by atoms with Crippen molar-refractivity contribution in [3.63, 3.8) is 0 Å². The molecule has 86 valence electrons. The monoisotopic (exact) mass is 210 g/mol. The Balaban J connectivity index is 2.25. The highest BCUT2D eigenvalue weighted by atomic mass is 16.1. The van der Waals surface area contributed by atoms with E-state index in [-0.39, 0.29) is 11.8 Å². The Hall–Kier alpha value is -0.830. The maximum atomic E-state index is 11.5. The van der Waals surface area contributed by atoms with Crippen molar-refractivity contribution in [3.05, 3.63) is 12.7 Å². The zero-order valence-corrected chi connectivity index (χ0v) is 9.83. The zero-order valence-electron chi connectivity index (χ0n) is 9.83. The van der Waals surface area contributed by atoms with Crippen LogP contribution in [-0.2, 0) is 4.79 Å². The van der Waals surface area contributed by atoms with E-state index >= 15 is 0 Å². The quantitative estimate of drug-likeness (QED) is 0.712. The second kappa shape index (κ2) is 5.91. The van der Waals surface area contributed by atoms with Crippen LogP contribution in [0, 0.1) is 5.92 Å². The van der Waals surface area contributed by atoms with E-state index in [1.54, 1.807) is 0 Å². The summed E-state index contributed by atoms with van der Waals surface area (Å²) in [6.45, 7) is 10.7. The van der Waals surface area contributed by atoms with Gasteiger partial charge in [-0.15, -0.1) is 6.58 Å². The first kappa shape index (κ1) is 12.2. The van der Waals surface area contributed by atoms with Gasteiger partial charge in [-0.2, -0.15) is 0 Å². The number of nitrogens with one attached hydrogen (secondary N) is 1. The van der Waals surface area contributed by atoms with E-state index < -0.39 is 0 Å². The van der Waals surface area contributed by atoms with Gasteiger partial charge in [-0.3, -0.25) is 9.69 Å². The highest BCUT2D eigenvalue weighted by Crippen LogP contribution is 2.10. The van der Waals surface area contributed by atoms with E-state index in [4.69, 9.17) is 0 Å². The predicted octanol–water partition coefficient (Wildman–Crippen LogP) is 1.41. The number of likely N-dealkylation sites (tertiary alicyclic amines) is 1. The molecule has 0 saturated carbocycles. The number of hydrogen-bond donors (Lipinski definition) is 1. The van der Waals surface area contributed by atoms with Gasteiger partial charge in [0.25, 0.3) is 0 Å². The summed E-state index contributed by atoms with van der Waals surface area (Å²) in [7, 11) is 0. The van der Waals surface area contributed by atoms with E-state index in [2.05, 4.69) is 16.8 Å². The molecule has 0 spiro atoms. The van der Waals surface area contributed by atoms with E-state index in [1.807, 2.05) is 19.9 Å². The van der Waals surface area contributed by atoms with Gasteiger partial charge < -0.3 is 5.32 Å². The molecular weight excluding hydrogens is 188 g/mol. The van der Waals surface area contributed by atoms with Gasteiger partial charge in [-0.25, -0.2) is 0 Å². The summed E-state index contributed by atoms with van der Waals surface area (Å²) in [6, 6.07) is 0.376. The molecule has 1 heterocycles. The minimum Gasteiger partial charge on any atom is -0.353 e. The number of hydrogen-bond acceptors (Lipinski definition) is 2. The van der Waals surface area contributed by atoms with Crippen LogP contribution in [0.1, 0.15) is 26.7 Å². The molecule has 0 bridgehead atoms. The van der Waals surface area contributed by atoms with Gasteiger partial charge in [0.2, 0.25) is 5.91 Å². The van der Waals surface area contributed by atoms with E-state index in [0.717, 1.165) is 32.5 Å². The fraction of sp³-hybridized carbons (Fsp3) is 0.750. The molecular formula is C12H22N2O. The number of piperidine rings is 1. The van der Waals surface area contributed by atoms with Gasteiger partial charge in [0.05, 0.1) is 0 Å². The molecule has 3 nitrogen and oxygen atoms in total. The van der Waals surface area contributed by atoms with Crippen molar-refractivity contribution in [1.29, 1.82) is 0 Å². The van der Waals surface area contributed by atoms with Gasteiger partial charge in [0.1, 0.15) is 0 Å². The Bertz CT molecular complexity index is 218. The van der Waals surface area contributed by atoms with Crippen LogP contribution in [0.25, 0.3) is 0 Å². The first-order valence-corrected chi connectivity index (χ1v) is 5.77. The number of rotatable bonds is 4. The molecule has 0 radical (unpaired) electrons. The molecule has 0 aromatic heterocycles. The summed E-state index contributed by atoms with van der Waals surface area (Å²) in [4.78, 5) is 13.8. The Labute approximate surface area is 92.5 Å². The third-order valence-electron chi connectivity index (χ3n) is 2.85. The van der Waals surface area contributed by atoms with Gasteiger partial charge >= 0.3 is 0 Å². The SMILES string of the molecule is C=CCN1CCC(NC(=O)C(C)C)CC1. The zero-order chi connectivity index (χ0) is 11.3. The average molecular weight is 210 g/mol. The molecule has 1 N–H and O–H groups in total. The molecule has 0 unspecified atom stereocenters. The molecule has 0 aromatic rings. The predicted molar refractivity (Wildman–Crippen MR) is 62.6 cm³/mol. The third-order valence-corrected chi connectivity index (χ3v) is 2.85. The first-order chi connectivity index (χ1) is 7.13. The van der Waals surface area contributed by atoms with Crippen LogP contribution in [0.15, 0.2) is 12.7 Å². The van der Waals surface area contributed by atoms with Crippen LogP contribution in [0.5, 0.6) is 0 Å². The minimum atomic E-state index is 0.0937. The fourth-order valence-electron chi connectivity index (χ4n) is 1.81. The average Bonchev–Trinajstić information content (AvgIpc) is 2.21. The second-order valence-electron chi connectivity index (χ2n) is 4.53. The maximum absolute atomic E-state index is 11.5. The van der Waals surface area contributed by atoms with Crippen LogP contribution in [0.4, 0.5) is 0 Å². The van der Waals surface area contributed by atoms with Crippen LogP contribution in [-0.4, -0.2) is 36.5 Å². The first-order valence-electron chi connectivity index (χ1n) is 5.77. The normalized spacial score (nSPS) is 19.1. The Morgan fingerprint density at radius 1 is 1.53 bits per heavy atom. The topological polar surface area (TPSA) is 32.3 Å². The summed E-state index contributed by atoms with van der Waals surface area (Å²) in [6.07, 6.45) is 4.06. The van der Waals surface area contributed by atoms with Crippen molar-refractivity contribution in [1.82, 2.24) is 10.2 Å². The summed E-state index contributed by atoms with van der Waals surface area (Å²) in [5.74, 6) is 0.272. The van der Waals surface area contributed by atoms with Gasteiger partial charge in [-0.05, 0) is 12.8 Å². The largest absolute Gasteiger partial charge is 0.353 e. The standard InChI is InChI=1S/C12H22N2O/c1-4-7-14-8-5-11(6-9-14)13-12(15)10(2)3/h4,10-11H,1,5-9H2,2-3H3,(H,13,15). The molecule has 15 heavy (non-hydrogen) atoms. The highest BCUT2D eigenvalue weighted by Gasteiger charge is 2.20. The lowest BCUT2D eigenvalue weighted by atomic mass is 10.0. The summed E-state index contributed by atoms with van der Waals surface area (Å²) in [5.41, 5.74) is 0. The van der Waals surface area contributed by atoms with Crippen LogP contribution in [0.2, 0.25) is 0 Å². The van der Waals surface area contributed by atoms with Crippen molar-refractivity contribution in [3.8, 4) is 0 Å². The van der Waals surface area contributed by atoms with Crippen LogP contribution < -0.4 is 5.32 Å². The van der Waals surface area contributed by atoms with Crippen molar-refractivity contribution < 1.29 is 4.79 Å². The lowest BCUT2D eigenvalue weighted by Crippen LogP contribution is -2.45. The number of carbonyl (C=O) groups is 1. The van der Waals surface area contributed by atoms with Crippen molar-refractivity contribution in [2.24, 2.45) is 5.92 Å². The molecule has 0 atom stereocenters. The smallest absolute Gasteiger partial charge is 0.222 e. The number of amides is 1. The van der Waals surface area contributed by atoms with Gasteiger partial charge in [-0.1, -0.05) is 19.9 Å². The second-order valence-corrected chi connectivity index (χ2v) is 4.53. The molecule has 0 aliphatic carbocycles. The molecule has 1 rings (SSSR count). The molecule has 1 amide bonds. The van der Waals surface area contributed by atoms with E-state index in [9.17, 15) is 4.79 Å². The summed E-state index contributed by atoms with van der Waals surface area (Å²) < 4.78 is 0. The highest BCUT2D eigenvalue weighted by molar-refractivity contribution is 5.78. The lowest BCUT2D eigenvalue weighted by molar-refractivity contribution is -0.125. The molecule has 1 fully saturated rings. The summed E-state index contributed by atoms with van der Waals surface area (Å²) >= 11 is 0. The van der Waals surface area contributed by atoms with Crippen molar-refractivity contribution >= 4 is 5.91 Å². The van der Waals surface area contributed by atoms with E-state index in [1.165, 1.54) is 0 Å². The van der Waals surface area contributed by atoms with Crippen molar-refractivity contribution in [2.75, 3.05) is 19.6 Å². The number of nitrogens with zero attached hydrogens (tertiary/aromatic N) is 1. The number of carbonyl (C=O) groups excluding carboxylic acids is 1.